The molecule has 8 nitrogen and oxygen atoms in total. The van der Waals surface area contributed by atoms with Crippen molar-refractivity contribution in [1.82, 2.24) is 14.7 Å². The van der Waals surface area contributed by atoms with E-state index in [0.29, 0.717) is 38.1 Å². The van der Waals surface area contributed by atoms with Crippen LogP contribution in [-0.4, -0.2) is 70.3 Å². The molecular formula is C20H27N3O5. The number of aliphatic hydroxyl groups is 2. The second-order valence-corrected chi connectivity index (χ2v) is 7.33. The predicted octanol–water partition coefficient (Wildman–Crippen LogP) is 0.778. The van der Waals surface area contributed by atoms with Gasteiger partial charge in [0, 0.05) is 38.3 Å². The standard InChI is InChI=1S/C20H27N3O5/c1-28-11-5-9-20(14-24)13-22(10-8-17(20)25)19(27)16-12-18(26)23(21-16)15-6-3-2-4-7-15/h2-4,6-7,12,17,21,24-25H,5,8-11,13-14H2,1H3/t17-,20+/m1/s1. The van der Waals surface area contributed by atoms with Gasteiger partial charge in [-0.1, -0.05) is 18.2 Å². The molecule has 152 valence electrons. The van der Waals surface area contributed by atoms with Gasteiger partial charge in [-0.25, -0.2) is 4.68 Å². The fraction of sp³-hybridized carbons (Fsp3) is 0.500. The molecule has 2 atom stereocenters. The summed E-state index contributed by atoms with van der Waals surface area (Å²) in [7, 11) is 1.60. The number of piperidine rings is 1. The Labute approximate surface area is 163 Å². The van der Waals surface area contributed by atoms with Crippen LogP contribution in [0.25, 0.3) is 5.69 Å². The van der Waals surface area contributed by atoms with Gasteiger partial charge in [-0.3, -0.25) is 14.7 Å². The van der Waals surface area contributed by atoms with E-state index in [0.717, 1.165) is 0 Å². The predicted molar refractivity (Wildman–Crippen MR) is 104 cm³/mol. The average Bonchev–Trinajstić information content (AvgIpc) is 3.11. The van der Waals surface area contributed by atoms with Crippen LogP contribution in [0.2, 0.25) is 0 Å². The van der Waals surface area contributed by atoms with Gasteiger partial charge in [-0.15, -0.1) is 0 Å². The highest BCUT2D eigenvalue weighted by atomic mass is 16.5. The van der Waals surface area contributed by atoms with E-state index < -0.39 is 11.5 Å². The van der Waals surface area contributed by atoms with Crippen LogP contribution in [0, 0.1) is 5.41 Å². The third-order valence-electron chi connectivity index (χ3n) is 5.48. The third kappa shape index (κ3) is 4.04. The number of hydrogen-bond donors (Lipinski definition) is 3. The number of benzene rings is 1. The molecule has 1 amide bonds. The first-order valence-electron chi connectivity index (χ1n) is 9.45. The zero-order valence-electron chi connectivity index (χ0n) is 16.0. The van der Waals surface area contributed by atoms with E-state index in [2.05, 4.69) is 5.10 Å². The number of amides is 1. The van der Waals surface area contributed by atoms with Crippen molar-refractivity contribution in [2.24, 2.45) is 5.41 Å². The minimum absolute atomic E-state index is 0.189. The summed E-state index contributed by atoms with van der Waals surface area (Å²) < 4.78 is 6.40. The van der Waals surface area contributed by atoms with Gasteiger partial charge >= 0.3 is 0 Å². The maximum atomic E-state index is 13.0. The van der Waals surface area contributed by atoms with Crippen molar-refractivity contribution in [2.45, 2.75) is 25.4 Å². The SMILES string of the molecule is COCCC[C@@]1(CO)CN(C(=O)c2cc(=O)n(-c3ccccc3)[nH]2)CC[C@H]1O. The number of aromatic amines is 1. The molecule has 3 N–H and O–H groups in total. The molecule has 28 heavy (non-hydrogen) atoms. The number of rotatable bonds is 7. The molecule has 0 aliphatic carbocycles. The number of aliphatic hydroxyl groups excluding tert-OH is 2. The van der Waals surface area contributed by atoms with Crippen molar-refractivity contribution in [3.8, 4) is 5.69 Å². The first kappa shape index (κ1) is 20.3. The van der Waals surface area contributed by atoms with E-state index in [9.17, 15) is 19.8 Å². The smallest absolute Gasteiger partial charge is 0.271 e. The number of H-pyrrole nitrogens is 1. The number of carbonyl (C=O) groups is 1. The van der Waals surface area contributed by atoms with Gasteiger partial charge in [-0.05, 0) is 31.4 Å². The monoisotopic (exact) mass is 389 g/mol. The lowest BCUT2D eigenvalue weighted by Gasteiger charge is -2.45. The molecule has 0 unspecified atom stereocenters. The Bertz CT molecular complexity index is 847. The zero-order valence-corrected chi connectivity index (χ0v) is 16.0. The molecule has 2 heterocycles. The first-order chi connectivity index (χ1) is 13.5. The number of likely N-dealkylation sites (tertiary alicyclic amines) is 1. The number of methoxy groups -OCH3 is 1. The minimum atomic E-state index is -0.783. The van der Waals surface area contributed by atoms with E-state index in [1.165, 1.54) is 10.7 Å². The quantitative estimate of drug-likeness (QED) is 0.607. The summed E-state index contributed by atoms with van der Waals surface area (Å²) >= 11 is 0. The molecular weight excluding hydrogens is 362 g/mol. The number of ether oxygens (including phenoxy) is 1. The molecule has 1 aromatic carbocycles. The highest BCUT2D eigenvalue weighted by molar-refractivity contribution is 5.92. The van der Waals surface area contributed by atoms with Crippen molar-refractivity contribution >= 4 is 5.91 Å². The third-order valence-corrected chi connectivity index (χ3v) is 5.48. The van der Waals surface area contributed by atoms with Crippen LogP contribution in [0.4, 0.5) is 0 Å². The van der Waals surface area contributed by atoms with Gasteiger partial charge in [0.15, 0.2) is 0 Å². The van der Waals surface area contributed by atoms with Crippen LogP contribution in [0.1, 0.15) is 29.8 Å². The van der Waals surface area contributed by atoms with E-state index in [4.69, 9.17) is 4.74 Å². The summed E-state index contributed by atoms with van der Waals surface area (Å²) in [4.78, 5) is 26.9. The molecule has 1 aliphatic rings. The summed E-state index contributed by atoms with van der Waals surface area (Å²) in [6.45, 7) is 0.898. The zero-order chi connectivity index (χ0) is 20.1. The molecule has 0 radical (unpaired) electrons. The van der Waals surface area contributed by atoms with Crippen LogP contribution >= 0.6 is 0 Å². The Morgan fingerprint density at radius 1 is 1.36 bits per heavy atom. The van der Waals surface area contributed by atoms with Crippen LogP contribution in [0.3, 0.4) is 0 Å². The van der Waals surface area contributed by atoms with Crippen molar-refractivity contribution < 1.29 is 19.7 Å². The summed E-state index contributed by atoms with van der Waals surface area (Å²) in [6.07, 6.45) is 0.913. The maximum absolute atomic E-state index is 13.0. The second kappa shape index (κ2) is 8.72. The van der Waals surface area contributed by atoms with E-state index >= 15 is 0 Å². The summed E-state index contributed by atoms with van der Waals surface area (Å²) in [5.41, 5.74) is -0.270. The maximum Gasteiger partial charge on any atom is 0.271 e. The van der Waals surface area contributed by atoms with Crippen LogP contribution in [0.15, 0.2) is 41.2 Å². The van der Waals surface area contributed by atoms with Gasteiger partial charge in [0.25, 0.3) is 11.5 Å². The largest absolute Gasteiger partial charge is 0.396 e. The molecule has 1 saturated heterocycles. The lowest BCUT2D eigenvalue weighted by atomic mass is 9.74. The Hall–Kier alpha value is -2.42. The summed E-state index contributed by atoms with van der Waals surface area (Å²) in [6, 6.07) is 10.3. The Balaban J connectivity index is 1.80. The number of carbonyl (C=O) groups excluding carboxylic acids is 1. The minimum Gasteiger partial charge on any atom is -0.396 e. The highest BCUT2D eigenvalue weighted by Crippen LogP contribution is 2.35. The summed E-state index contributed by atoms with van der Waals surface area (Å²) in [5.74, 6) is -0.316. The fourth-order valence-electron chi connectivity index (χ4n) is 3.82. The van der Waals surface area contributed by atoms with Crippen molar-refractivity contribution in [1.29, 1.82) is 0 Å². The number of nitrogens with zero attached hydrogens (tertiary/aromatic N) is 2. The Morgan fingerprint density at radius 2 is 2.11 bits per heavy atom. The van der Waals surface area contributed by atoms with Gasteiger partial charge in [0.2, 0.25) is 0 Å². The van der Waals surface area contributed by atoms with Crippen molar-refractivity contribution in [3.63, 3.8) is 0 Å². The van der Waals surface area contributed by atoms with E-state index in [1.807, 2.05) is 18.2 Å². The topological polar surface area (TPSA) is 108 Å². The molecule has 0 saturated carbocycles. The molecule has 0 spiro atoms. The number of nitrogens with one attached hydrogen (secondary N) is 1. The number of hydrogen-bond acceptors (Lipinski definition) is 5. The van der Waals surface area contributed by atoms with E-state index in [-0.39, 0.29) is 30.3 Å². The number of para-hydroxylation sites is 1. The molecule has 3 rings (SSSR count). The van der Waals surface area contributed by atoms with Crippen LogP contribution in [-0.2, 0) is 4.74 Å². The van der Waals surface area contributed by atoms with Gasteiger partial charge < -0.3 is 19.8 Å². The molecule has 1 aliphatic heterocycles. The van der Waals surface area contributed by atoms with Gasteiger partial charge in [0.05, 0.1) is 18.4 Å². The van der Waals surface area contributed by atoms with Crippen molar-refractivity contribution in [3.05, 3.63) is 52.4 Å². The van der Waals surface area contributed by atoms with Gasteiger partial charge in [-0.2, -0.15) is 0 Å². The molecule has 1 fully saturated rings. The lowest BCUT2D eigenvalue weighted by Crippen LogP contribution is -2.55. The number of aromatic nitrogens is 2. The lowest BCUT2D eigenvalue weighted by molar-refractivity contribution is -0.0746. The fourth-order valence-corrected chi connectivity index (χ4v) is 3.82. The second-order valence-electron chi connectivity index (χ2n) is 7.33. The summed E-state index contributed by atoms with van der Waals surface area (Å²) in [5, 5.41) is 23.3. The van der Waals surface area contributed by atoms with Crippen LogP contribution in [0.5, 0.6) is 0 Å². The van der Waals surface area contributed by atoms with Crippen LogP contribution < -0.4 is 5.56 Å². The van der Waals surface area contributed by atoms with Gasteiger partial charge in [0.1, 0.15) is 5.69 Å². The normalized spacial score (nSPS) is 22.4. The molecule has 8 heteroatoms. The van der Waals surface area contributed by atoms with E-state index in [1.54, 1.807) is 24.1 Å². The highest BCUT2D eigenvalue weighted by Gasteiger charge is 2.43. The molecule has 1 aromatic heterocycles. The Kier molecular flexibility index (Phi) is 6.33. The molecule has 0 bridgehead atoms. The van der Waals surface area contributed by atoms with Crippen molar-refractivity contribution in [2.75, 3.05) is 33.4 Å². The Morgan fingerprint density at radius 3 is 2.79 bits per heavy atom. The first-order valence-corrected chi connectivity index (χ1v) is 9.45. The molecule has 2 aromatic rings. The average molecular weight is 389 g/mol.